The molecule has 13 heteroatoms. The van der Waals surface area contributed by atoms with Gasteiger partial charge in [-0.15, -0.1) is 0 Å². The van der Waals surface area contributed by atoms with Gasteiger partial charge in [-0.05, 0) is 55.0 Å². The Hall–Kier alpha value is -4.10. The van der Waals surface area contributed by atoms with Gasteiger partial charge >= 0.3 is 6.18 Å². The SMILES string of the molecule is COc1ccc(CN(C)S(=O)(=O)c2cnc(Oc3ccc(C(F)(F)F)cc3)c(-c3cn4c(n3)O[C@H](C)C4)c2)cc1. The first kappa shape index (κ1) is 27.5. The molecule has 1 aliphatic heterocycles. The van der Waals surface area contributed by atoms with Gasteiger partial charge in [0.1, 0.15) is 22.5 Å². The minimum absolute atomic E-state index is 0.0265. The van der Waals surface area contributed by atoms with E-state index in [0.29, 0.717) is 24.0 Å². The lowest BCUT2D eigenvalue weighted by atomic mass is 10.2. The second kappa shape index (κ2) is 10.5. The number of alkyl halides is 3. The molecule has 0 fully saturated rings. The Labute approximate surface area is 228 Å². The summed E-state index contributed by atoms with van der Waals surface area (Å²) >= 11 is 0. The van der Waals surface area contributed by atoms with Crippen LogP contribution in [0.3, 0.4) is 0 Å². The largest absolute Gasteiger partial charge is 0.497 e. The van der Waals surface area contributed by atoms with E-state index in [2.05, 4.69) is 9.97 Å². The number of fused-ring (bicyclic) bond motifs is 1. The number of sulfonamides is 1. The number of methoxy groups -OCH3 is 1. The van der Waals surface area contributed by atoms with Crippen LogP contribution in [0.4, 0.5) is 13.2 Å². The van der Waals surface area contributed by atoms with Gasteiger partial charge in [-0.1, -0.05) is 12.1 Å². The van der Waals surface area contributed by atoms with Gasteiger partial charge in [-0.2, -0.15) is 22.5 Å². The lowest BCUT2D eigenvalue weighted by molar-refractivity contribution is -0.137. The average Bonchev–Trinajstić information content (AvgIpc) is 3.46. The number of benzene rings is 2. The first-order chi connectivity index (χ1) is 18.9. The van der Waals surface area contributed by atoms with Gasteiger partial charge in [0.15, 0.2) is 0 Å². The molecule has 2 aromatic heterocycles. The van der Waals surface area contributed by atoms with Crippen LogP contribution in [0.25, 0.3) is 11.3 Å². The molecule has 0 N–H and O–H groups in total. The highest BCUT2D eigenvalue weighted by Crippen LogP contribution is 2.37. The number of rotatable bonds is 8. The monoisotopic (exact) mass is 574 g/mol. The highest BCUT2D eigenvalue weighted by Gasteiger charge is 2.31. The minimum Gasteiger partial charge on any atom is -0.497 e. The fourth-order valence-corrected chi connectivity index (χ4v) is 5.29. The first-order valence-corrected chi connectivity index (χ1v) is 13.6. The van der Waals surface area contributed by atoms with E-state index in [1.165, 1.54) is 29.6 Å². The molecule has 9 nitrogen and oxygen atoms in total. The molecule has 5 rings (SSSR count). The Morgan fingerprint density at radius 2 is 1.77 bits per heavy atom. The van der Waals surface area contributed by atoms with Crippen LogP contribution in [0.15, 0.2) is 71.9 Å². The van der Waals surface area contributed by atoms with Crippen molar-refractivity contribution in [2.24, 2.45) is 0 Å². The average molecular weight is 575 g/mol. The zero-order chi connectivity index (χ0) is 28.7. The summed E-state index contributed by atoms with van der Waals surface area (Å²) in [5, 5.41) is 0. The summed E-state index contributed by atoms with van der Waals surface area (Å²) in [7, 11) is -1.01. The molecule has 2 aromatic carbocycles. The number of hydrogen-bond donors (Lipinski definition) is 0. The zero-order valence-corrected chi connectivity index (χ0v) is 22.5. The molecule has 0 amide bonds. The predicted octanol–water partition coefficient (Wildman–Crippen LogP) is 5.37. The summed E-state index contributed by atoms with van der Waals surface area (Å²) in [5.74, 6) is 0.712. The zero-order valence-electron chi connectivity index (χ0n) is 21.7. The van der Waals surface area contributed by atoms with Crippen molar-refractivity contribution in [1.82, 2.24) is 18.8 Å². The highest BCUT2D eigenvalue weighted by atomic mass is 32.2. The van der Waals surface area contributed by atoms with Crippen molar-refractivity contribution in [2.45, 2.75) is 37.2 Å². The highest BCUT2D eigenvalue weighted by molar-refractivity contribution is 7.89. The van der Waals surface area contributed by atoms with Gasteiger partial charge in [0, 0.05) is 19.8 Å². The van der Waals surface area contributed by atoms with Crippen molar-refractivity contribution < 1.29 is 35.8 Å². The van der Waals surface area contributed by atoms with E-state index in [0.717, 1.165) is 23.9 Å². The summed E-state index contributed by atoms with van der Waals surface area (Å²) in [6, 6.07) is 12.9. The molecule has 0 aliphatic carbocycles. The third-order valence-electron chi connectivity index (χ3n) is 6.27. The summed E-state index contributed by atoms with van der Waals surface area (Å²) in [5.41, 5.74) is 0.494. The molecule has 1 atom stereocenters. The Morgan fingerprint density at radius 1 is 1.10 bits per heavy atom. The molecule has 1 aliphatic rings. The second-order valence-electron chi connectivity index (χ2n) is 9.25. The lowest BCUT2D eigenvalue weighted by Gasteiger charge is -2.18. The van der Waals surface area contributed by atoms with Gasteiger partial charge in [0.05, 0.1) is 36.7 Å². The Kier molecular flexibility index (Phi) is 7.19. The molecule has 0 bridgehead atoms. The lowest BCUT2D eigenvalue weighted by Crippen LogP contribution is -2.26. The summed E-state index contributed by atoms with van der Waals surface area (Å²) in [6.07, 6.45) is -1.74. The van der Waals surface area contributed by atoms with E-state index >= 15 is 0 Å². The maximum Gasteiger partial charge on any atom is 0.416 e. The van der Waals surface area contributed by atoms with Gasteiger partial charge in [-0.3, -0.25) is 4.57 Å². The van der Waals surface area contributed by atoms with Crippen molar-refractivity contribution in [3.05, 3.63) is 78.1 Å². The maximum atomic E-state index is 13.5. The predicted molar refractivity (Wildman–Crippen MR) is 139 cm³/mol. The molecule has 0 saturated carbocycles. The molecular weight excluding hydrogens is 549 g/mol. The number of pyridine rings is 1. The van der Waals surface area contributed by atoms with Crippen molar-refractivity contribution in [3.8, 4) is 34.6 Å². The molecule has 0 spiro atoms. The number of halogens is 3. The van der Waals surface area contributed by atoms with E-state index in [9.17, 15) is 21.6 Å². The van der Waals surface area contributed by atoms with Gasteiger partial charge in [-0.25, -0.2) is 13.4 Å². The Morgan fingerprint density at radius 3 is 2.40 bits per heavy atom. The number of imidazole rings is 1. The van der Waals surface area contributed by atoms with E-state index in [-0.39, 0.29) is 34.7 Å². The van der Waals surface area contributed by atoms with Gasteiger partial charge < -0.3 is 14.2 Å². The standard InChI is InChI=1S/C27H25F3N4O5S/c1-17-14-34-16-24(32-26(34)38-17)23-12-22(40(35,36)33(2)15-18-4-8-20(37-3)9-5-18)13-31-25(23)39-21-10-6-19(7-11-21)27(28,29)30/h4-13,16-17H,14-15H2,1-3H3/t17-/m1/s1. The molecule has 0 saturated heterocycles. The van der Waals surface area contributed by atoms with Crippen molar-refractivity contribution in [3.63, 3.8) is 0 Å². The molecular formula is C27H25F3N4O5S. The van der Waals surface area contributed by atoms with Crippen LogP contribution >= 0.6 is 0 Å². The van der Waals surface area contributed by atoms with E-state index in [4.69, 9.17) is 14.2 Å². The number of nitrogens with zero attached hydrogens (tertiary/aromatic N) is 4. The van der Waals surface area contributed by atoms with Gasteiger partial charge in [0.25, 0.3) is 6.01 Å². The van der Waals surface area contributed by atoms with Crippen LogP contribution in [0, 0.1) is 0 Å². The molecule has 4 aromatic rings. The number of aromatic nitrogens is 3. The molecule has 210 valence electrons. The minimum atomic E-state index is -4.50. The quantitative estimate of drug-likeness (QED) is 0.279. The third kappa shape index (κ3) is 5.61. The molecule has 0 radical (unpaired) electrons. The van der Waals surface area contributed by atoms with Crippen LogP contribution in [-0.4, -0.2) is 47.5 Å². The fraction of sp³-hybridized carbons (Fsp3) is 0.259. The summed E-state index contributed by atoms with van der Waals surface area (Å²) in [6.45, 7) is 2.53. The Balaban J connectivity index is 1.48. The molecule has 0 unspecified atom stereocenters. The van der Waals surface area contributed by atoms with Crippen LogP contribution in [-0.2, 0) is 29.3 Å². The van der Waals surface area contributed by atoms with Crippen molar-refractivity contribution in [1.29, 1.82) is 0 Å². The van der Waals surface area contributed by atoms with E-state index in [1.54, 1.807) is 42.1 Å². The second-order valence-corrected chi connectivity index (χ2v) is 11.3. The Bertz CT molecular complexity index is 1600. The van der Waals surface area contributed by atoms with E-state index in [1.807, 2.05) is 6.92 Å². The summed E-state index contributed by atoms with van der Waals surface area (Å²) < 4.78 is 85.6. The maximum absolute atomic E-state index is 13.5. The van der Waals surface area contributed by atoms with Crippen LogP contribution in [0.2, 0.25) is 0 Å². The van der Waals surface area contributed by atoms with Gasteiger partial charge in [0.2, 0.25) is 15.9 Å². The number of ether oxygens (including phenoxy) is 3. The molecule has 40 heavy (non-hydrogen) atoms. The van der Waals surface area contributed by atoms with Crippen LogP contribution in [0.5, 0.6) is 23.4 Å². The molecule has 3 heterocycles. The first-order valence-electron chi connectivity index (χ1n) is 12.1. The van der Waals surface area contributed by atoms with Crippen molar-refractivity contribution >= 4 is 10.0 Å². The van der Waals surface area contributed by atoms with E-state index < -0.39 is 21.8 Å². The van der Waals surface area contributed by atoms with Crippen LogP contribution < -0.4 is 14.2 Å². The van der Waals surface area contributed by atoms with Crippen molar-refractivity contribution in [2.75, 3.05) is 14.2 Å². The summed E-state index contributed by atoms with van der Waals surface area (Å²) in [4.78, 5) is 8.59. The fourth-order valence-electron chi connectivity index (χ4n) is 4.16. The van der Waals surface area contributed by atoms with Crippen LogP contribution in [0.1, 0.15) is 18.1 Å². The topological polar surface area (TPSA) is 95.8 Å². The normalized spacial score (nSPS) is 15.1. The number of hydrogen-bond acceptors (Lipinski definition) is 7. The smallest absolute Gasteiger partial charge is 0.416 e. The third-order valence-corrected chi connectivity index (χ3v) is 8.04.